The molecule has 0 amide bonds. The van der Waals surface area contributed by atoms with Crippen molar-refractivity contribution >= 4 is 53.7 Å². The highest BCUT2D eigenvalue weighted by Gasteiger charge is 3.01. The summed E-state index contributed by atoms with van der Waals surface area (Å²) in [6, 6.07) is 0. The summed E-state index contributed by atoms with van der Waals surface area (Å²) in [5.74, 6) is -9.24. The number of carbonyl (C=O) groups is 9. The van der Waals surface area contributed by atoms with Crippen LogP contribution in [-0.2, 0) is 128 Å². The minimum Gasteiger partial charge on any atom is -0.469 e. The summed E-state index contributed by atoms with van der Waals surface area (Å²) in [4.78, 5) is 115. The van der Waals surface area contributed by atoms with Crippen LogP contribution in [0.3, 0.4) is 0 Å². The molecule has 15 rings (SSSR count). The summed E-state index contributed by atoms with van der Waals surface area (Å²) in [6.45, 7) is 27.3. The summed E-state index contributed by atoms with van der Waals surface area (Å²) >= 11 is 0. The molecule has 0 aromatic carbocycles. The fourth-order valence-electron chi connectivity index (χ4n) is 26.4. The van der Waals surface area contributed by atoms with Gasteiger partial charge in [0.15, 0.2) is 43.0 Å². The van der Waals surface area contributed by atoms with E-state index in [4.69, 9.17) is 85.3 Å². The third kappa shape index (κ3) is 8.90. The van der Waals surface area contributed by atoms with E-state index in [1.54, 1.807) is 20.8 Å². The van der Waals surface area contributed by atoms with Crippen molar-refractivity contribution < 1.29 is 144 Å². The SMILES string of the molecule is C.C.COC(=O)C(C)[C@H]1CCC23C4OC(=O)C12OC1O[C@@H](O)[C@H](OC)C13[C@H](C(C)(C)C)[C@H]4OC(C)=O.COC(=O)C(C)[C@H]1CCC23C4O[C@@H](O)C12OC1OC(=O)[C@H](OC)C13[C@H](C(C)(C)C)[C@H]4OC(C)=O.COC(=O)C(C)[C@H]1CCC23C4O[C@H](O)C12OC1OC(=O)[C@H](OC)C13[C@H](C(C)(C)C)[C@H]4OC(C)=O. The normalized spacial score (nSPS) is 48.3. The van der Waals surface area contributed by atoms with Crippen LogP contribution in [-0.4, -0.2) is 221 Å². The molecular weight excluding hydrogens is 1370 g/mol. The lowest BCUT2D eigenvalue weighted by Gasteiger charge is -2.48. The van der Waals surface area contributed by atoms with Gasteiger partial charge in [0.05, 0.1) is 71.6 Å². The van der Waals surface area contributed by atoms with Gasteiger partial charge in [-0.05, 0) is 54.8 Å². The molecule has 3 N–H and O–H groups in total. The molecule has 6 aliphatic carbocycles. The van der Waals surface area contributed by atoms with E-state index in [1.165, 1.54) is 63.4 Å². The topological polar surface area (TPSA) is 380 Å². The first kappa shape index (κ1) is 79.8. The lowest BCUT2D eigenvalue weighted by atomic mass is 9.51. The molecule has 30 nitrogen and oxygen atoms in total. The minimum atomic E-state index is -1.52. The number of ether oxygens (including phenoxy) is 18. The molecular formula is C74H110O30. The van der Waals surface area contributed by atoms with E-state index in [0.29, 0.717) is 38.5 Å². The van der Waals surface area contributed by atoms with Crippen LogP contribution in [0, 0.1) is 102 Å². The molecule has 0 aromatic rings. The predicted octanol–water partition coefficient (Wildman–Crippen LogP) is 4.78. The van der Waals surface area contributed by atoms with Crippen LogP contribution in [0.1, 0.15) is 157 Å². The molecule has 9 saturated heterocycles. The molecule has 0 radical (unpaired) electrons. The average molecular weight is 1480 g/mol. The number of rotatable bonds is 12. The first-order valence-electron chi connectivity index (χ1n) is 35.6. The van der Waals surface area contributed by atoms with Gasteiger partial charge in [0.1, 0.15) is 53.9 Å². The molecule has 15 aliphatic rings. The van der Waals surface area contributed by atoms with E-state index in [0.717, 1.165) is 0 Å². The maximum atomic E-state index is 13.8. The zero-order valence-corrected chi connectivity index (χ0v) is 62.0. The van der Waals surface area contributed by atoms with Crippen LogP contribution in [0.15, 0.2) is 0 Å². The Hall–Kier alpha value is -5.25. The lowest BCUT2D eigenvalue weighted by Crippen LogP contribution is -2.60. The Morgan fingerprint density at radius 3 is 1.14 bits per heavy atom. The van der Waals surface area contributed by atoms with Gasteiger partial charge in [-0.3, -0.25) is 28.8 Å². The molecule has 0 aromatic heterocycles. The van der Waals surface area contributed by atoms with Gasteiger partial charge < -0.3 is 101 Å². The number of carbonyl (C=O) groups excluding carboxylic acids is 9. The second-order valence-electron chi connectivity index (χ2n) is 34.4. The highest BCUT2D eigenvalue weighted by Crippen LogP contribution is 2.88. The molecule has 586 valence electrons. The second kappa shape index (κ2) is 25.4. The summed E-state index contributed by atoms with van der Waals surface area (Å²) < 4.78 is 106. The number of hydrogen-bond donors (Lipinski definition) is 3. The van der Waals surface area contributed by atoms with Gasteiger partial charge in [-0.1, -0.05) is 97.9 Å². The van der Waals surface area contributed by atoms with Gasteiger partial charge in [0.2, 0.25) is 12.6 Å². The van der Waals surface area contributed by atoms with Crippen LogP contribution in [0.4, 0.5) is 0 Å². The minimum absolute atomic E-state index is 0. The highest BCUT2D eigenvalue weighted by molar-refractivity contribution is 5.89. The Morgan fingerprint density at radius 1 is 0.452 bits per heavy atom. The number of esters is 9. The van der Waals surface area contributed by atoms with Gasteiger partial charge in [-0.15, -0.1) is 0 Å². The maximum Gasteiger partial charge on any atom is 0.340 e. The number of hydrogen-bond acceptors (Lipinski definition) is 30. The largest absolute Gasteiger partial charge is 0.469 e. The zero-order valence-electron chi connectivity index (χ0n) is 62.0. The molecule has 0 bridgehead atoms. The van der Waals surface area contributed by atoms with Crippen LogP contribution in [0.5, 0.6) is 0 Å². The van der Waals surface area contributed by atoms with Crippen LogP contribution >= 0.6 is 0 Å². The Labute approximate surface area is 606 Å². The third-order valence-electron chi connectivity index (χ3n) is 28.0. The van der Waals surface area contributed by atoms with Crippen molar-refractivity contribution in [3.8, 4) is 0 Å². The standard InChI is InChI=1S/3C24H34O10.2CH4/c3*1-10(17(26)30-7)12-8-9-22-15-13(31-11(2)25)14(21(3,4)5)23(22)16(29-6)18(27)33-20(23)34-24(12,22)19(28)32-15;;/h2*10,12-16,19-20,28H,8-9H2,1-7H3;10,12-16,18,20,27H,8-9H2,1-7H3;2*1H4/t10?,12-,13-,14+,15?,16+,19+,20?,22?,23?,24?;10?,12-,13-,14+,15?,16+,19-,20?,22?,23?,24?;10?,12-,13-,14+,15?,16+,18-,20?,22?,23?,24?;;/m111../s1. The van der Waals surface area contributed by atoms with Crippen molar-refractivity contribution in [3.63, 3.8) is 0 Å². The Kier molecular flexibility index (Phi) is 19.5. The van der Waals surface area contributed by atoms with E-state index >= 15 is 0 Å². The fraction of sp³-hybridized carbons (Fsp3) is 0.878. The summed E-state index contributed by atoms with van der Waals surface area (Å²) in [5, 5.41) is 33.8. The summed E-state index contributed by atoms with van der Waals surface area (Å²) in [5.41, 5.74) is -12.1. The van der Waals surface area contributed by atoms with E-state index in [2.05, 4.69) is 0 Å². The van der Waals surface area contributed by atoms with Gasteiger partial charge in [0.25, 0.3) is 0 Å². The lowest BCUT2D eigenvalue weighted by molar-refractivity contribution is -0.253. The predicted molar refractivity (Wildman–Crippen MR) is 351 cm³/mol. The number of aliphatic hydroxyl groups is 3. The second-order valence-corrected chi connectivity index (χ2v) is 34.4. The zero-order chi connectivity index (χ0) is 75.0. The summed E-state index contributed by atoms with van der Waals surface area (Å²) in [6.07, 6.45) is -12.0. The van der Waals surface area contributed by atoms with Crippen LogP contribution in [0.2, 0.25) is 0 Å². The Balaban J connectivity index is 0.000000155. The first-order chi connectivity index (χ1) is 47.6. The molecule has 9 aliphatic heterocycles. The molecule has 18 unspecified atom stereocenters. The fourth-order valence-corrected chi connectivity index (χ4v) is 26.4. The summed E-state index contributed by atoms with van der Waals surface area (Å²) in [7, 11) is 8.34. The Morgan fingerprint density at radius 2 is 0.798 bits per heavy atom. The number of methoxy groups -OCH3 is 6. The molecule has 6 spiro atoms. The van der Waals surface area contributed by atoms with Crippen molar-refractivity contribution in [2.75, 3.05) is 42.7 Å². The van der Waals surface area contributed by atoms with E-state index in [9.17, 15) is 58.5 Å². The van der Waals surface area contributed by atoms with Gasteiger partial charge in [-0.2, -0.15) is 0 Å². The molecule has 104 heavy (non-hydrogen) atoms. The van der Waals surface area contributed by atoms with Crippen molar-refractivity contribution in [2.45, 2.75) is 267 Å². The van der Waals surface area contributed by atoms with Crippen molar-refractivity contribution in [1.82, 2.24) is 0 Å². The molecule has 15 fully saturated rings. The van der Waals surface area contributed by atoms with E-state index in [1.807, 2.05) is 62.3 Å². The monoisotopic (exact) mass is 1480 g/mol. The quantitative estimate of drug-likeness (QED) is 0.175. The van der Waals surface area contributed by atoms with E-state index in [-0.39, 0.29) is 14.9 Å². The van der Waals surface area contributed by atoms with Crippen LogP contribution < -0.4 is 0 Å². The van der Waals surface area contributed by atoms with Crippen molar-refractivity contribution in [3.05, 3.63) is 0 Å². The third-order valence-corrected chi connectivity index (χ3v) is 28.0. The van der Waals surface area contributed by atoms with Crippen LogP contribution in [0.25, 0.3) is 0 Å². The molecule has 9 heterocycles. The number of aliphatic hydroxyl groups excluding tert-OH is 3. The molecule has 6 saturated carbocycles. The van der Waals surface area contributed by atoms with Gasteiger partial charge in [-0.25, -0.2) is 14.4 Å². The highest BCUT2D eigenvalue weighted by atomic mass is 16.8. The van der Waals surface area contributed by atoms with E-state index < -0.39 is 265 Å². The smallest absolute Gasteiger partial charge is 0.340 e. The first-order valence-corrected chi connectivity index (χ1v) is 35.6. The molecule has 33 atom stereocenters. The van der Waals surface area contributed by atoms with Gasteiger partial charge >= 0.3 is 53.7 Å². The van der Waals surface area contributed by atoms with Crippen molar-refractivity contribution in [1.29, 1.82) is 0 Å². The Bertz CT molecular complexity index is 3340. The van der Waals surface area contributed by atoms with Crippen molar-refractivity contribution in [2.24, 2.45) is 102 Å². The average Bonchev–Trinajstić information content (AvgIpc) is 1.45. The maximum absolute atomic E-state index is 13.8. The molecule has 30 heteroatoms. The van der Waals surface area contributed by atoms with Gasteiger partial charge in [0, 0.05) is 77.6 Å².